The third-order valence-corrected chi connectivity index (χ3v) is 4.70. The normalized spacial score (nSPS) is 15.8. The van der Waals surface area contributed by atoms with Crippen molar-refractivity contribution in [2.24, 2.45) is 0 Å². The standard InChI is InChI=1S/C21H30O2/c1-15(2)17(4)8-7-16(3)11-12-22-18-9-10-19-20(13-18)23-14-21(19,5)6/h9-11,13H,7-8,12,14H2,1-6H3/b16-11+. The monoisotopic (exact) mass is 314 g/mol. The molecule has 0 saturated heterocycles. The first kappa shape index (κ1) is 17.7. The van der Waals surface area contributed by atoms with Gasteiger partial charge in [-0.2, -0.15) is 0 Å². The third-order valence-electron chi connectivity index (χ3n) is 4.70. The van der Waals surface area contributed by atoms with Crippen molar-refractivity contribution in [2.75, 3.05) is 13.2 Å². The first-order valence-corrected chi connectivity index (χ1v) is 8.48. The summed E-state index contributed by atoms with van der Waals surface area (Å²) in [5.74, 6) is 1.85. The minimum absolute atomic E-state index is 0.104. The van der Waals surface area contributed by atoms with Crippen LogP contribution in [-0.4, -0.2) is 13.2 Å². The number of rotatable bonds is 6. The summed E-state index contributed by atoms with van der Waals surface area (Å²) in [6.07, 6.45) is 4.41. The molecule has 0 spiro atoms. The zero-order valence-electron chi connectivity index (χ0n) is 15.5. The molecule has 0 radical (unpaired) electrons. The van der Waals surface area contributed by atoms with Gasteiger partial charge in [0.1, 0.15) is 18.1 Å². The lowest BCUT2D eigenvalue weighted by Gasteiger charge is -2.15. The molecule has 23 heavy (non-hydrogen) atoms. The van der Waals surface area contributed by atoms with E-state index in [1.54, 1.807) is 0 Å². The molecule has 0 aliphatic carbocycles. The molecule has 0 atom stereocenters. The molecular formula is C21H30O2. The summed E-state index contributed by atoms with van der Waals surface area (Å²) < 4.78 is 11.6. The second-order valence-electron chi connectivity index (χ2n) is 7.47. The van der Waals surface area contributed by atoms with Gasteiger partial charge in [0.15, 0.2) is 0 Å². The molecular weight excluding hydrogens is 284 g/mol. The molecule has 0 saturated carbocycles. The van der Waals surface area contributed by atoms with Crippen LogP contribution in [0.1, 0.15) is 59.9 Å². The average Bonchev–Trinajstić information content (AvgIpc) is 2.80. The van der Waals surface area contributed by atoms with Crippen LogP contribution in [0.3, 0.4) is 0 Å². The zero-order chi connectivity index (χ0) is 17.0. The van der Waals surface area contributed by atoms with E-state index in [1.165, 1.54) is 22.3 Å². The Kier molecular flexibility index (Phi) is 5.56. The number of hydrogen-bond donors (Lipinski definition) is 0. The van der Waals surface area contributed by atoms with Crippen LogP contribution < -0.4 is 9.47 Å². The maximum absolute atomic E-state index is 5.86. The number of benzene rings is 1. The van der Waals surface area contributed by atoms with Crippen molar-refractivity contribution in [1.29, 1.82) is 0 Å². The Bertz CT molecular complexity index is 617. The quantitative estimate of drug-likeness (QED) is 0.616. The fourth-order valence-electron chi connectivity index (χ4n) is 2.62. The van der Waals surface area contributed by atoms with Crippen LogP contribution in [0.25, 0.3) is 0 Å². The van der Waals surface area contributed by atoms with E-state index in [0.717, 1.165) is 30.9 Å². The number of fused-ring (bicyclic) bond motifs is 1. The van der Waals surface area contributed by atoms with Crippen LogP contribution in [0.15, 0.2) is 41.0 Å². The summed E-state index contributed by atoms with van der Waals surface area (Å²) in [7, 11) is 0. The van der Waals surface area contributed by atoms with Crippen molar-refractivity contribution in [3.05, 3.63) is 46.6 Å². The second-order valence-corrected chi connectivity index (χ2v) is 7.47. The summed E-state index contributed by atoms with van der Waals surface area (Å²) >= 11 is 0. The SMILES string of the molecule is CC(C)=C(C)CC/C(C)=C/COc1ccc2c(c1)OCC2(C)C. The Morgan fingerprint density at radius 1 is 1.17 bits per heavy atom. The lowest BCUT2D eigenvalue weighted by atomic mass is 9.87. The molecule has 0 aromatic heterocycles. The van der Waals surface area contributed by atoms with Crippen molar-refractivity contribution in [2.45, 2.75) is 59.8 Å². The van der Waals surface area contributed by atoms with Gasteiger partial charge >= 0.3 is 0 Å². The summed E-state index contributed by atoms with van der Waals surface area (Å²) in [4.78, 5) is 0. The molecule has 0 fully saturated rings. The molecule has 1 aromatic carbocycles. The average molecular weight is 314 g/mol. The smallest absolute Gasteiger partial charge is 0.126 e. The lowest BCUT2D eigenvalue weighted by molar-refractivity contribution is 0.289. The highest BCUT2D eigenvalue weighted by atomic mass is 16.5. The molecule has 1 aliphatic rings. The van der Waals surface area contributed by atoms with E-state index in [9.17, 15) is 0 Å². The first-order chi connectivity index (χ1) is 10.8. The molecule has 0 N–H and O–H groups in total. The van der Waals surface area contributed by atoms with Crippen LogP contribution in [-0.2, 0) is 5.41 Å². The van der Waals surface area contributed by atoms with Crippen LogP contribution in [0, 0.1) is 0 Å². The molecule has 2 nitrogen and oxygen atoms in total. The van der Waals surface area contributed by atoms with Gasteiger partial charge in [0.2, 0.25) is 0 Å². The number of ether oxygens (including phenoxy) is 2. The van der Waals surface area contributed by atoms with Crippen molar-refractivity contribution in [3.63, 3.8) is 0 Å². The molecule has 2 heteroatoms. The van der Waals surface area contributed by atoms with E-state index in [4.69, 9.17) is 9.47 Å². The van der Waals surface area contributed by atoms with Crippen molar-refractivity contribution in [3.8, 4) is 11.5 Å². The van der Waals surface area contributed by atoms with Crippen molar-refractivity contribution in [1.82, 2.24) is 0 Å². The molecule has 0 amide bonds. The summed E-state index contributed by atoms with van der Waals surface area (Å²) in [6, 6.07) is 6.19. The van der Waals surface area contributed by atoms with E-state index >= 15 is 0 Å². The Morgan fingerprint density at radius 3 is 2.61 bits per heavy atom. The highest BCUT2D eigenvalue weighted by molar-refractivity contribution is 5.47. The molecule has 2 rings (SSSR count). The van der Waals surface area contributed by atoms with E-state index < -0.39 is 0 Å². The summed E-state index contributed by atoms with van der Waals surface area (Å²) in [5.41, 5.74) is 5.66. The minimum atomic E-state index is 0.104. The highest BCUT2D eigenvalue weighted by Crippen LogP contribution is 2.40. The van der Waals surface area contributed by atoms with Crippen LogP contribution >= 0.6 is 0 Å². The van der Waals surface area contributed by atoms with Gasteiger partial charge in [-0.1, -0.05) is 36.6 Å². The Balaban J connectivity index is 1.87. The van der Waals surface area contributed by atoms with Crippen LogP contribution in [0.5, 0.6) is 11.5 Å². The largest absolute Gasteiger partial charge is 0.492 e. The van der Waals surface area contributed by atoms with E-state index in [0.29, 0.717) is 6.61 Å². The Labute approximate surface area is 141 Å². The van der Waals surface area contributed by atoms with Gasteiger partial charge in [0, 0.05) is 17.0 Å². The second kappa shape index (κ2) is 7.25. The third kappa shape index (κ3) is 4.63. The summed E-state index contributed by atoms with van der Waals surface area (Å²) in [5, 5.41) is 0. The topological polar surface area (TPSA) is 18.5 Å². The Morgan fingerprint density at radius 2 is 1.91 bits per heavy atom. The number of allylic oxidation sites excluding steroid dienone is 3. The van der Waals surface area contributed by atoms with E-state index in [-0.39, 0.29) is 5.41 Å². The predicted octanol–water partition coefficient (Wildman–Crippen LogP) is 5.82. The predicted molar refractivity (Wildman–Crippen MR) is 97.5 cm³/mol. The molecule has 126 valence electrons. The maximum atomic E-state index is 5.86. The maximum Gasteiger partial charge on any atom is 0.126 e. The minimum Gasteiger partial charge on any atom is -0.492 e. The molecule has 1 heterocycles. The number of hydrogen-bond acceptors (Lipinski definition) is 2. The molecule has 1 aliphatic heterocycles. The molecule has 0 unspecified atom stereocenters. The fraction of sp³-hybridized carbons (Fsp3) is 0.524. The van der Waals surface area contributed by atoms with Gasteiger partial charge in [0.05, 0.1) is 6.61 Å². The molecule has 0 bridgehead atoms. The van der Waals surface area contributed by atoms with Gasteiger partial charge in [-0.25, -0.2) is 0 Å². The fourth-order valence-corrected chi connectivity index (χ4v) is 2.62. The summed E-state index contributed by atoms with van der Waals surface area (Å²) in [6.45, 7) is 14.5. The lowest BCUT2D eigenvalue weighted by Crippen LogP contribution is -2.18. The van der Waals surface area contributed by atoms with Gasteiger partial charge in [-0.3, -0.25) is 0 Å². The highest BCUT2D eigenvalue weighted by Gasteiger charge is 2.31. The Hall–Kier alpha value is -1.70. The van der Waals surface area contributed by atoms with Gasteiger partial charge in [0.25, 0.3) is 0 Å². The van der Waals surface area contributed by atoms with Crippen LogP contribution in [0.2, 0.25) is 0 Å². The van der Waals surface area contributed by atoms with Gasteiger partial charge in [-0.15, -0.1) is 0 Å². The van der Waals surface area contributed by atoms with Crippen molar-refractivity contribution >= 4 is 0 Å². The zero-order valence-corrected chi connectivity index (χ0v) is 15.5. The van der Waals surface area contributed by atoms with E-state index in [2.05, 4.69) is 53.7 Å². The van der Waals surface area contributed by atoms with Crippen molar-refractivity contribution < 1.29 is 9.47 Å². The van der Waals surface area contributed by atoms with Crippen LogP contribution in [0.4, 0.5) is 0 Å². The first-order valence-electron chi connectivity index (χ1n) is 8.48. The molecule has 1 aromatic rings. The van der Waals surface area contributed by atoms with Gasteiger partial charge in [-0.05, 0) is 52.7 Å². The van der Waals surface area contributed by atoms with Gasteiger partial charge < -0.3 is 9.47 Å². The van der Waals surface area contributed by atoms with E-state index in [1.807, 2.05) is 12.1 Å².